The van der Waals surface area contributed by atoms with E-state index in [4.69, 9.17) is 27.7 Å². The molecule has 312 valence electrons. The van der Waals surface area contributed by atoms with E-state index in [2.05, 4.69) is 52.1 Å². The maximum Gasteiger partial charge on any atom is 0.325 e. The number of esters is 1. The maximum atomic E-state index is 13.8. The zero-order valence-electron chi connectivity index (χ0n) is 32.3. The second kappa shape index (κ2) is 25.2. The zero-order valence-corrected chi connectivity index (χ0v) is 32.3. The van der Waals surface area contributed by atoms with E-state index in [1.54, 1.807) is 20.8 Å². The number of amides is 4. The smallest absolute Gasteiger partial charge is 0.325 e. The van der Waals surface area contributed by atoms with Gasteiger partial charge in [0, 0.05) is 38.3 Å². The first-order valence-corrected chi connectivity index (χ1v) is 17.9. The molecule has 0 aliphatic carbocycles. The predicted molar refractivity (Wildman–Crippen MR) is 203 cm³/mol. The van der Waals surface area contributed by atoms with Crippen LogP contribution < -0.4 is 55.1 Å². The number of guanidine groups is 2. The van der Waals surface area contributed by atoms with Gasteiger partial charge < -0.3 is 53.9 Å². The number of imidazole rings is 1. The van der Waals surface area contributed by atoms with Crippen LogP contribution in [0.1, 0.15) is 66.0 Å². The third-order valence-corrected chi connectivity index (χ3v) is 7.84. The Morgan fingerprint density at radius 1 is 0.786 bits per heavy atom. The summed E-state index contributed by atoms with van der Waals surface area (Å²) in [4.78, 5) is 117. The van der Waals surface area contributed by atoms with Crippen molar-refractivity contribution in [3.05, 3.63) is 18.2 Å². The Hall–Kier alpha value is -5.97. The first-order chi connectivity index (χ1) is 26.4. The number of nitrogens with zero attached hydrogens (tertiary/aromatic N) is 3. The average Bonchev–Trinajstić information content (AvgIpc) is 3.65. The van der Waals surface area contributed by atoms with Gasteiger partial charge in [-0.25, -0.2) is 15.8 Å². The van der Waals surface area contributed by atoms with Crippen molar-refractivity contribution in [2.45, 2.75) is 96.9 Å². The zero-order chi connectivity index (χ0) is 42.4. The van der Waals surface area contributed by atoms with Gasteiger partial charge in [-0.05, 0) is 45.4 Å². The minimum Gasteiger partial charge on any atom is -0.465 e. The molecule has 0 aliphatic heterocycles. The van der Waals surface area contributed by atoms with Gasteiger partial charge in [0.05, 0.1) is 25.0 Å². The highest BCUT2D eigenvalue weighted by atomic mass is 16.5. The van der Waals surface area contributed by atoms with E-state index < -0.39 is 89.6 Å². The Kier molecular flexibility index (Phi) is 21.6. The highest BCUT2D eigenvalue weighted by Crippen LogP contribution is 2.09. The van der Waals surface area contributed by atoms with Crippen molar-refractivity contribution in [1.82, 2.24) is 42.1 Å². The monoisotopic (exact) mass is 792 g/mol. The molecule has 0 aromatic carbocycles. The number of nitrogens with one attached hydrogen (secondary N) is 7. The fraction of sp³-hybridized carbons (Fsp3) is 0.606. The van der Waals surface area contributed by atoms with Crippen LogP contribution >= 0.6 is 0 Å². The van der Waals surface area contributed by atoms with Crippen LogP contribution in [-0.2, 0) is 49.5 Å². The van der Waals surface area contributed by atoms with E-state index in [9.17, 15) is 38.4 Å². The predicted octanol–water partition coefficient (Wildman–Crippen LogP) is -4.57. The Labute approximate surface area is 324 Å². The molecule has 0 aliphatic rings. The molecule has 0 saturated heterocycles. The molecule has 0 radical (unpaired) electrons. The molecular weight excluding hydrogens is 736 g/mol. The number of carbonyl (C=O) groups is 8. The third kappa shape index (κ3) is 18.4. The number of nitrogens with two attached hydrogens (primary N) is 4. The molecule has 0 bridgehead atoms. The first-order valence-electron chi connectivity index (χ1n) is 17.9. The van der Waals surface area contributed by atoms with Gasteiger partial charge in [-0.15, -0.1) is 0 Å². The lowest BCUT2D eigenvalue weighted by Gasteiger charge is -2.28. The summed E-state index contributed by atoms with van der Waals surface area (Å²) in [6.07, 6.45) is 3.29. The fourth-order valence-corrected chi connectivity index (χ4v) is 4.88. The molecule has 23 heteroatoms. The van der Waals surface area contributed by atoms with Gasteiger partial charge in [0.25, 0.3) is 5.91 Å². The van der Waals surface area contributed by atoms with Crippen LogP contribution in [0.5, 0.6) is 0 Å². The van der Waals surface area contributed by atoms with E-state index in [1.165, 1.54) is 19.4 Å². The minimum absolute atomic E-state index is 0.00322. The number of carbonyl (C=O) groups excluding carboxylic acids is 8. The lowest BCUT2D eigenvalue weighted by atomic mass is 9.99. The number of ketones is 3. The topological polar surface area (TPSA) is 375 Å². The van der Waals surface area contributed by atoms with Crippen LogP contribution in [0, 0.1) is 5.92 Å². The van der Waals surface area contributed by atoms with E-state index in [-0.39, 0.29) is 63.7 Å². The Morgan fingerprint density at radius 2 is 1.36 bits per heavy atom. The summed E-state index contributed by atoms with van der Waals surface area (Å²) in [6, 6.07) is -6.07. The summed E-state index contributed by atoms with van der Waals surface area (Å²) >= 11 is 0. The molecule has 0 fully saturated rings. The fourth-order valence-electron chi connectivity index (χ4n) is 4.88. The quantitative estimate of drug-likeness (QED) is 0.00997. The SMILES string of the molecule is CCOC(=O)CNC(=O)C(=O)[C@H](C)NN[C@@H](Cc1cnc[nH]1)C(=O)N[C@@H](CCCN=C(N)N)C(=O)N[C@H](C(=O)N[C@@H](CCCN=C(N)N)C(=O)C(C)=O)C(C)C. The number of hydrazine groups is 1. The third-order valence-electron chi connectivity index (χ3n) is 7.84. The number of H-pyrrole nitrogens is 1. The summed E-state index contributed by atoms with van der Waals surface area (Å²) in [5, 5.41) is 10.0. The van der Waals surface area contributed by atoms with Crippen molar-refractivity contribution in [2.24, 2.45) is 38.8 Å². The Balaban J connectivity index is 3.24. The van der Waals surface area contributed by atoms with Crippen molar-refractivity contribution >= 4 is 58.9 Å². The molecule has 1 aromatic rings. The number of ether oxygens (including phenoxy) is 1. The van der Waals surface area contributed by atoms with Crippen molar-refractivity contribution < 1.29 is 43.1 Å². The van der Waals surface area contributed by atoms with Crippen molar-refractivity contribution in [1.29, 1.82) is 0 Å². The number of hydrogen-bond donors (Lipinski definition) is 11. The maximum absolute atomic E-state index is 13.8. The molecule has 56 heavy (non-hydrogen) atoms. The van der Waals surface area contributed by atoms with E-state index in [0.29, 0.717) is 5.69 Å². The minimum atomic E-state index is -1.27. The van der Waals surface area contributed by atoms with Gasteiger partial charge in [0.15, 0.2) is 17.7 Å². The average molecular weight is 793 g/mol. The van der Waals surface area contributed by atoms with Gasteiger partial charge in [-0.1, -0.05) is 13.8 Å². The summed E-state index contributed by atoms with van der Waals surface area (Å²) < 4.78 is 4.73. The number of aromatic amines is 1. The van der Waals surface area contributed by atoms with Crippen LogP contribution in [-0.4, -0.2) is 125 Å². The van der Waals surface area contributed by atoms with E-state index >= 15 is 0 Å². The lowest BCUT2D eigenvalue weighted by molar-refractivity contribution is -0.145. The standard InChI is InChI=1S/C33H56N14O9/c1-6-56-24(49)15-41-31(55)26(50)18(4)46-47-23(13-20-14-38-16-42-20)29(53)44-22(10-8-12-40-33(36)37)28(52)45-25(17(2)3)30(54)43-21(27(51)19(5)48)9-7-11-39-32(34)35/h14,16-18,21-23,25,46-47H,6-13,15H2,1-5H3,(H,38,42)(H,41,55)(H,43,54)(H,44,53)(H,45,52)(H4,34,35,39)(H4,36,37,40)/t18-,21-,22-,23-,25-/m0/s1. The number of Topliss-reactive ketones (excluding diaryl/α,β-unsaturated/α-hetero) is 3. The Morgan fingerprint density at radius 3 is 1.88 bits per heavy atom. The largest absolute Gasteiger partial charge is 0.465 e. The molecule has 0 spiro atoms. The van der Waals surface area contributed by atoms with E-state index in [1.807, 2.05) is 0 Å². The van der Waals surface area contributed by atoms with Crippen LogP contribution in [0.4, 0.5) is 0 Å². The van der Waals surface area contributed by atoms with Gasteiger partial charge in [0.2, 0.25) is 29.3 Å². The summed E-state index contributed by atoms with van der Waals surface area (Å²) in [5.41, 5.74) is 27.4. The van der Waals surface area contributed by atoms with Crippen molar-refractivity contribution in [2.75, 3.05) is 26.2 Å². The molecule has 1 heterocycles. The van der Waals surface area contributed by atoms with Gasteiger partial charge in [0.1, 0.15) is 24.7 Å². The van der Waals surface area contributed by atoms with Crippen LogP contribution in [0.15, 0.2) is 22.5 Å². The number of aliphatic imine (C=N–C) groups is 2. The normalized spacial score (nSPS) is 13.5. The molecular formula is C33H56N14O9. The summed E-state index contributed by atoms with van der Waals surface area (Å²) in [7, 11) is 0. The molecule has 4 amide bonds. The van der Waals surface area contributed by atoms with Crippen LogP contribution in [0.2, 0.25) is 0 Å². The molecule has 1 rings (SSSR count). The molecule has 0 saturated carbocycles. The van der Waals surface area contributed by atoms with Crippen LogP contribution in [0.25, 0.3) is 0 Å². The van der Waals surface area contributed by atoms with E-state index in [0.717, 1.165) is 6.92 Å². The first kappa shape index (κ1) is 48.0. The molecule has 1 aromatic heterocycles. The molecule has 23 nitrogen and oxygen atoms in total. The van der Waals surface area contributed by atoms with Gasteiger partial charge in [-0.2, -0.15) is 0 Å². The van der Waals surface area contributed by atoms with Crippen LogP contribution in [0.3, 0.4) is 0 Å². The number of aromatic nitrogens is 2. The highest BCUT2D eigenvalue weighted by molar-refractivity contribution is 6.38. The highest BCUT2D eigenvalue weighted by Gasteiger charge is 2.33. The molecule has 0 unspecified atom stereocenters. The van der Waals surface area contributed by atoms with Crippen molar-refractivity contribution in [3.8, 4) is 0 Å². The molecule has 5 atom stereocenters. The lowest BCUT2D eigenvalue weighted by Crippen LogP contribution is -2.61. The van der Waals surface area contributed by atoms with Gasteiger partial charge in [-0.3, -0.25) is 48.3 Å². The number of rotatable bonds is 27. The second-order valence-electron chi connectivity index (χ2n) is 12.9. The second-order valence-corrected chi connectivity index (χ2v) is 12.9. The molecule has 15 N–H and O–H groups in total. The van der Waals surface area contributed by atoms with Gasteiger partial charge >= 0.3 is 5.97 Å². The summed E-state index contributed by atoms with van der Waals surface area (Å²) in [6.45, 7) is 7.10. The summed E-state index contributed by atoms with van der Waals surface area (Å²) in [5.74, 6) is -7.53. The van der Waals surface area contributed by atoms with Crippen molar-refractivity contribution in [3.63, 3.8) is 0 Å². The number of hydrogen-bond acceptors (Lipinski definition) is 14. The Bertz CT molecular complexity index is 1560.